The van der Waals surface area contributed by atoms with Gasteiger partial charge in [0.15, 0.2) is 0 Å². The number of hydrogen-bond acceptors (Lipinski definition) is 2. The van der Waals surface area contributed by atoms with Crippen molar-refractivity contribution >= 4 is 71.3 Å². The molecule has 0 amide bonds. The molecule has 2 nitrogen and oxygen atoms in total. The summed E-state index contributed by atoms with van der Waals surface area (Å²) < 4.78 is 6.44. The second-order valence-corrected chi connectivity index (χ2v) is 17.0. The van der Waals surface area contributed by atoms with Crippen molar-refractivity contribution in [1.82, 2.24) is 0 Å². The molecular formula is C63H47NO. The molecule has 0 saturated heterocycles. The number of hydrogen-bond donors (Lipinski definition) is 0. The summed E-state index contributed by atoms with van der Waals surface area (Å²) in [6.45, 7) is 6.47. The van der Waals surface area contributed by atoms with E-state index in [0.29, 0.717) is 0 Å². The van der Waals surface area contributed by atoms with Crippen LogP contribution in [0.3, 0.4) is 0 Å². The van der Waals surface area contributed by atoms with Gasteiger partial charge in [0.2, 0.25) is 0 Å². The summed E-state index contributed by atoms with van der Waals surface area (Å²) in [5.41, 5.74) is 16.1. The van der Waals surface area contributed by atoms with E-state index in [1.54, 1.807) is 0 Å². The van der Waals surface area contributed by atoms with Gasteiger partial charge in [-0.2, -0.15) is 0 Å². The minimum atomic E-state index is 0.907. The molecule has 0 aliphatic heterocycles. The number of rotatable bonds is 6. The fourth-order valence-electron chi connectivity index (χ4n) is 9.55. The van der Waals surface area contributed by atoms with Crippen molar-refractivity contribution in [3.05, 3.63) is 247 Å². The Bertz CT molecular complexity index is 3640. The normalized spacial score (nSPS) is 11.3. The third-order valence-electron chi connectivity index (χ3n) is 12.9. The summed E-state index contributed by atoms with van der Waals surface area (Å²) in [6.07, 6.45) is 0. The Morgan fingerprint density at radius 2 is 0.785 bits per heavy atom. The number of furan rings is 1. The van der Waals surface area contributed by atoms with Crippen LogP contribution in [0.1, 0.15) is 16.7 Å². The van der Waals surface area contributed by atoms with Crippen molar-refractivity contribution < 1.29 is 4.42 Å². The van der Waals surface area contributed by atoms with Gasteiger partial charge in [0, 0.05) is 33.4 Å². The molecule has 1 aromatic heterocycles. The van der Waals surface area contributed by atoms with Gasteiger partial charge in [-0.3, -0.25) is 0 Å². The summed E-state index contributed by atoms with van der Waals surface area (Å²) in [5.74, 6) is 0. The molecule has 310 valence electrons. The highest BCUT2D eigenvalue weighted by molar-refractivity contribution is 6.25. The van der Waals surface area contributed by atoms with E-state index in [9.17, 15) is 0 Å². The van der Waals surface area contributed by atoms with Gasteiger partial charge < -0.3 is 9.32 Å². The molecule has 0 aliphatic rings. The first-order valence-corrected chi connectivity index (χ1v) is 22.4. The maximum absolute atomic E-state index is 6.44. The maximum atomic E-state index is 6.44. The molecule has 0 unspecified atom stereocenters. The highest BCUT2D eigenvalue weighted by Crippen LogP contribution is 2.43. The van der Waals surface area contributed by atoms with E-state index in [4.69, 9.17) is 4.42 Å². The number of aryl methyl sites for hydroxylation is 3. The number of benzene rings is 11. The number of fused-ring (bicyclic) bond motifs is 9. The summed E-state index contributed by atoms with van der Waals surface area (Å²) in [7, 11) is 0. The molecular weight excluding hydrogens is 787 g/mol. The molecule has 0 bridgehead atoms. The van der Waals surface area contributed by atoms with E-state index in [1.165, 1.54) is 71.3 Å². The van der Waals surface area contributed by atoms with Gasteiger partial charge in [-0.1, -0.05) is 188 Å². The van der Waals surface area contributed by atoms with Crippen molar-refractivity contribution in [2.75, 3.05) is 4.90 Å². The first-order chi connectivity index (χ1) is 32.0. The van der Waals surface area contributed by atoms with Crippen LogP contribution >= 0.6 is 0 Å². The van der Waals surface area contributed by atoms with Gasteiger partial charge in [-0.05, 0) is 141 Å². The Labute approximate surface area is 380 Å². The topological polar surface area (TPSA) is 16.4 Å². The van der Waals surface area contributed by atoms with Crippen LogP contribution in [0.5, 0.6) is 0 Å². The van der Waals surface area contributed by atoms with Crippen LogP contribution in [0.2, 0.25) is 0 Å². The fourth-order valence-corrected chi connectivity index (χ4v) is 9.55. The third kappa shape index (κ3) is 7.39. The summed E-state index contributed by atoms with van der Waals surface area (Å²) in [4.78, 5) is 2.38. The SMILES string of the molecule is Cc1ccccc1.Cc1ccccc1-c1cc(-c2ccc(N(c3ccc(-c4cccc5c4oc4ccccc45)cc3)c3ccc4c5ccccc5c5ccccc5c4c3)cc2)ccc1C. The van der Waals surface area contributed by atoms with Gasteiger partial charge in [0.05, 0.1) is 0 Å². The lowest BCUT2D eigenvalue weighted by Crippen LogP contribution is -2.10. The molecule has 0 radical (unpaired) electrons. The van der Waals surface area contributed by atoms with Gasteiger partial charge >= 0.3 is 0 Å². The molecule has 2 heteroatoms. The van der Waals surface area contributed by atoms with Gasteiger partial charge in [-0.15, -0.1) is 0 Å². The van der Waals surface area contributed by atoms with Crippen LogP contribution in [0.15, 0.2) is 235 Å². The van der Waals surface area contributed by atoms with E-state index in [-0.39, 0.29) is 0 Å². The Morgan fingerprint density at radius 1 is 0.292 bits per heavy atom. The largest absolute Gasteiger partial charge is 0.455 e. The van der Waals surface area contributed by atoms with Crippen LogP contribution in [-0.2, 0) is 0 Å². The molecule has 1 heterocycles. The average Bonchev–Trinajstić information content (AvgIpc) is 3.75. The molecule has 0 saturated carbocycles. The van der Waals surface area contributed by atoms with E-state index >= 15 is 0 Å². The molecule has 0 spiro atoms. The zero-order valence-corrected chi connectivity index (χ0v) is 36.8. The lowest BCUT2D eigenvalue weighted by atomic mass is 9.93. The number of para-hydroxylation sites is 2. The Hall–Kier alpha value is -8.20. The zero-order valence-electron chi connectivity index (χ0n) is 36.8. The minimum Gasteiger partial charge on any atom is -0.455 e. The van der Waals surface area contributed by atoms with Crippen molar-refractivity contribution in [1.29, 1.82) is 0 Å². The fraction of sp³-hybridized carbons (Fsp3) is 0.0476. The van der Waals surface area contributed by atoms with Crippen molar-refractivity contribution in [3.8, 4) is 33.4 Å². The summed E-state index contributed by atoms with van der Waals surface area (Å²) in [6, 6.07) is 82.9. The second kappa shape index (κ2) is 16.8. The van der Waals surface area contributed by atoms with Crippen molar-refractivity contribution in [3.63, 3.8) is 0 Å². The minimum absolute atomic E-state index is 0.907. The number of nitrogens with zero attached hydrogens (tertiary/aromatic N) is 1. The number of anilines is 3. The predicted octanol–water partition coefficient (Wildman–Crippen LogP) is 18.1. The molecule has 0 atom stereocenters. The van der Waals surface area contributed by atoms with Crippen molar-refractivity contribution in [2.45, 2.75) is 20.8 Å². The standard InChI is InChI=1S/C56H39NO.C7H8/c1-36-12-3-4-13-44(36)53-34-40(23-22-37(53)2)38-24-28-41(29-25-38)57(43-32-33-50-48-16-6-5-14-46(48)47-15-7-8-17-49(47)54(50)35-43)42-30-26-39(27-31-42)45-19-11-20-52-51-18-9-10-21-55(51)58-56(45)52;1-7-5-3-2-4-6-7/h3-35H,1-2H3;2-6H,1H3. The molecule has 11 aromatic carbocycles. The zero-order chi connectivity index (χ0) is 43.9. The first kappa shape index (κ1) is 39.6. The summed E-state index contributed by atoms with van der Waals surface area (Å²) >= 11 is 0. The smallest absolute Gasteiger partial charge is 0.143 e. The van der Waals surface area contributed by atoms with E-state index in [0.717, 1.165) is 50.1 Å². The van der Waals surface area contributed by atoms with Crippen LogP contribution in [-0.4, -0.2) is 0 Å². The summed E-state index contributed by atoms with van der Waals surface area (Å²) in [5, 5.41) is 9.84. The quantitative estimate of drug-likeness (QED) is 0.155. The Balaban J connectivity index is 0.000000615. The lowest BCUT2D eigenvalue weighted by Gasteiger charge is -2.27. The van der Waals surface area contributed by atoms with Crippen LogP contribution in [0, 0.1) is 20.8 Å². The van der Waals surface area contributed by atoms with E-state index < -0.39 is 0 Å². The molecule has 0 fully saturated rings. The van der Waals surface area contributed by atoms with Gasteiger partial charge in [0.25, 0.3) is 0 Å². The third-order valence-corrected chi connectivity index (χ3v) is 12.9. The lowest BCUT2D eigenvalue weighted by molar-refractivity contribution is 0.670. The first-order valence-electron chi connectivity index (χ1n) is 22.4. The highest BCUT2D eigenvalue weighted by atomic mass is 16.3. The van der Waals surface area contributed by atoms with Gasteiger partial charge in [0.1, 0.15) is 11.2 Å². The molecule has 12 rings (SSSR count). The van der Waals surface area contributed by atoms with Crippen molar-refractivity contribution in [2.24, 2.45) is 0 Å². The molecule has 0 N–H and O–H groups in total. The van der Waals surface area contributed by atoms with Crippen LogP contribution in [0.25, 0.3) is 87.6 Å². The molecule has 65 heavy (non-hydrogen) atoms. The van der Waals surface area contributed by atoms with Crippen LogP contribution < -0.4 is 4.90 Å². The van der Waals surface area contributed by atoms with Gasteiger partial charge in [-0.25, -0.2) is 0 Å². The average molecular weight is 834 g/mol. The second-order valence-electron chi connectivity index (χ2n) is 17.0. The maximum Gasteiger partial charge on any atom is 0.143 e. The van der Waals surface area contributed by atoms with E-state index in [1.807, 2.05) is 30.3 Å². The Kier molecular flexibility index (Phi) is 10.3. The van der Waals surface area contributed by atoms with E-state index in [2.05, 4.69) is 226 Å². The monoisotopic (exact) mass is 833 g/mol. The predicted molar refractivity (Wildman–Crippen MR) is 278 cm³/mol. The van der Waals surface area contributed by atoms with Crippen LogP contribution in [0.4, 0.5) is 17.1 Å². The molecule has 0 aliphatic carbocycles. The Morgan fingerprint density at radius 3 is 1.43 bits per heavy atom. The highest BCUT2D eigenvalue weighted by Gasteiger charge is 2.18. The molecule has 12 aromatic rings.